The number of ether oxygens (including phenoxy) is 1. The number of amides is 2. The van der Waals surface area contributed by atoms with Crippen molar-refractivity contribution in [1.82, 2.24) is 10.2 Å². The van der Waals surface area contributed by atoms with Gasteiger partial charge < -0.3 is 15.0 Å². The molecule has 0 aromatic carbocycles. The van der Waals surface area contributed by atoms with E-state index in [0.717, 1.165) is 12.8 Å². The van der Waals surface area contributed by atoms with Crippen LogP contribution in [0, 0.1) is 5.41 Å². The molecule has 1 aliphatic heterocycles. The van der Waals surface area contributed by atoms with E-state index < -0.39 is 11.0 Å². The van der Waals surface area contributed by atoms with Gasteiger partial charge in [0.25, 0.3) is 0 Å². The van der Waals surface area contributed by atoms with Crippen LogP contribution in [0.1, 0.15) is 54.4 Å². The molecule has 1 saturated heterocycles. The van der Waals surface area contributed by atoms with Crippen molar-refractivity contribution in [2.45, 2.75) is 66.0 Å². The standard InChI is InChI=1S/C15H28N2O3/c1-14(2,3)12(18)16-10-11-8-7-9-17(11)13(19)20-15(4,5)6/h11H,7-10H2,1-6H3,(H,16,18)/t11-/m1/s1. The monoisotopic (exact) mass is 284 g/mol. The van der Waals surface area contributed by atoms with Crippen LogP contribution < -0.4 is 5.32 Å². The number of nitrogens with one attached hydrogen (secondary N) is 1. The largest absolute Gasteiger partial charge is 0.444 e. The smallest absolute Gasteiger partial charge is 0.410 e. The highest BCUT2D eigenvalue weighted by molar-refractivity contribution is 5.81. The fourth-order valence-electron chi connectivity index (χ4n) is 2.08. The van der Waals surface area contributed by atoms with Gasteiger partial charge in [-0.3, -0.25) is 4.79 Å². The topological polar surface area (TPSA) is 58.6 Å². The van der Waals surface area contributed by atoms with Crippen LogP contribution in [0.5, 0.6) is 0 Å². The van der Waals surface area contributed by atoms with E-state index in [1.807, 2.05) is 41.5 Å². The average Bonchev–Trinajstić information content (AvgIpc) is 2.70. The van der Waals surface area contributed by atoms with Crippen molar-refractivity contribution in [3.05, 3.63) is 0 Å². The second-order valence-electron chi connectivity index (χ2n) is 7.43. The number of carbonyl (C=O) groups excluding carboxylic acids is 2. The fraction of sp³-hybridized carbons (Fsp3) is 0.867. The van der Waals surface area contributed by atoms with E-state index >= 15 is 0 Å². The summed E-state index contributed by atoms with van der Waals surface area (Å²) < 4.78 is 5.40. The zero-order valence-electron chi connectivity index (χ0n) is 13.6. The molecule has 1 atom stereocenters. The van der Waals surface area contributed by atoms with E-state index in [0.29, 0.717) is 13.1 Å². The van der Waals surface area contributed by atoms with Gasteiger partial charge in [0.2, 0.25) is 5.91 Å². The van der Waals surface area contributed by atoms with Crippen LogP contribution in [-0.4, -0.2) is 41.6 Å². The molecule has 0 spiro atoms. The molecule has 1 rings (SSSR count). The minimum absolute atomic E-state index is 0.00791. The third kappa shape index (κ3) is 5.02. The van der Waals surface area contributed by atoms with Crippen LogP contribution >= 0.6 is 0 Å². The summed E-state index contributed by atoms with van der Waals surface area (Å²) in [5.74, 6) is 0.00791. The van der Waals surface area contributed by atoms with Crippen LogP contribution in [0.3, 0.4) is 0 Å². The van der Waals surface area contributed by atoms with Crippen molar-refractivity contribution in [3.63, 3.8) is 0 Å². The minimum atomic E-state index is -0.487. The first-order valence-corrected chi connectivity index (χ1v) is 7.28. The molecule has 20 heavy (non-hydrogen) atoms. The molecule has 1 heterocycles. The maximum Gasteiger partial charge on any atom is 0.410 e. The normalized spacial score (nSPS) is 19.9. The van der Waals surface area contributed by atoms with Crippen LogP contribution in [0.15, 0.2) is 0 Å². The maximum atomic E-state index is 12.1. The summed E-state index contributed by atoms with van der Waals surface area (Å²) in [5.41, 5.74) is -0.895. The number of hydrogen-bond donors (Lipinski definition) is 1. The second-order valence-corrected chi connectivity index (χ2v) is 7.43. The lowest BCUT2D eigenvalue weighted by atomic mass is 9.95. The van der Waals surface area contributed by atoms with Gasteiger partial charge in [0, 0.05) is 18.5 Å². The van der Waals surface area contributed by atoms with Crippen LogP contribution in [-0.2, 0) is 9.53 Å². The molecule has 2 amide bonds. The van der Waals surface area contributed by atoms with Gasteiger partial charge in [0.05, 0.1) is 6.04 Å². The molecule has 0 unspecified atom stereocenters. The van der Waals surface area contributed by atoms with Gasteiger partial charge in [-0.15, -0.1) is 0 Å². The third-order valence-electron chi connectivity index (χ3n) is 3.18. The van der Waals surface area contributed by atoms with Crippen molar-refractivity contribution in [1.29, 1.82) is 0 Å². The summed E-state index contributed by atoms with van der Waals surface area (Å²) in [6.45, 7) is 12.4. The van der Waals surface area contributed by atoms with Gasteiger partial charge in [-0.2, -0.15) is 0 Å². The molecule has 0 bridgehead atoms. The summed E-state index contributed by atoms with van der Waals surface area (Å²) in [6, 6.07) is 0.0381. The maximum absolute atomic E-state index is 12.1. The second kappa shape index (κ2) is 6.02. The van der Waals surface area contributed by atoms with Crippen molar-refractivity contribution < 1.29 is 14.3 Å². The number of nitrogens with zero attached hydrogens (tertiary/aromatic N) is 1. The Morgan fingerprint density at radius 1 is 1.20 bits per heavy atom. The summed E-state index contributed by atoms with van der Waals surface area (Å²) in [4.78, 5) is 25.7. The Labute approximate surface area is 122 Å². The first-order chi connectivity index (χ1) is 9.00. The van der Waals surface area contributed by atoms with Gasteiger partial charge >= 0.3 is 6.09 Å². The predicted molar refractivity (Wildman–Crippen MR) is 78.4 cm³/mol. The highest BCUT2D eigenvalue weighted by atomic mass is 16.6. The summed E-state index contributed by atoms with van der Waals surface area (Å²) >= 11 is 0. The van der Waals surface area contributed by atoms with E-state index in [1.165, 1.54) is 0 Å². The zero-order chi connectivity index (χ0) is 15.6. The van der Waals surface area contributed by atoms with E-state index in [9.17, 15) is 9.59 Å². The van der Waals surface area contributed by atoms with Crippen LogP contribution in [0.25, 0.3) is 0 Å². The lowest BCUT2D eigenvalue weighted by Crippen LogP contribution is -2.47. The highest BCUT2D eigenvalue weighted by Crippen LogP contribution is 2.21. The Bertz CT molecular complexity index is 366. The van der Waals surface area contributed by atoms with Gasteiger partial charge in [0.1, 0.15) is 5.60 Å². The van der Waals surface area contributed by atoms with Gasteiger partial charge in [-0.1, -0.05) is 20.8 Å². The summed E-state index contributed by atoms with van der Waals surface area (Å²) in [7, 11) is 0. The van der Waals surface area contributed by atoms with Crippen molar-refractivity contribution in [2.24, 2.45) is 5.41 Å². The van der Waals surface area contributed by atoms with Gasteiger partial charge in [0.15, 0.2) is 0 Å². The van der Waals surface area contributed by atoms with E-state index in [2.05, 4.69) is 5.32 Å². The van der Waals surface area contributed by atoms with E-state index in [-0.39, 0.29) is 18.0 Å². The number of rotatable bonds is 2. The lowest BCUT2D eigenvalue weighted by molar-refractivity contribution is -0.128. The summed E-state index contributed by atoms with van der Waals surface area (Å²) in [5, 5.41) is 2.92. The molecular weight excluding hydrogens is 256 g/mol. The molecule has 0 aromatic heterocycles. The molecule has 0 aromatic rings. The van der Waals surface area contributed by atoms with E-state index in [1.54, 1.807) is 4.90 Å². The average molecular weight is 284 g/mol. The number of carbonyl (C=O) groups is 2. The Kier molecular flexibility index (Phi) is 5.05. The fourth-order valence-corrected chi connectivity index (χ4v) is 2.08. The Morgan fingerprint density at radius 3 is 2.30 bits per heavy atom. The van der Waals surface area contributed by atoms with Gasteiger partial charge in [-0.25, -0.2) is 4.79 Å². The SMILES string of the molecule is CC(C)(C)OC(=O)N1CCC[C@@H]1CNC(=O)C(C)(C)C. The summed E-state index contributed by atoms with van der Waals surface area (Å²) in [6.07, 6.45) is 1.57. The van der Waals surface area contributed by atoms with Crippen molar-refractivity contribution >= 4 is 12.0 Å². The molecule has 0 radical (unpaired) electrons. The molecule has 0 saturated carbocycles. The highest BCUT2D eigenvalue weighted by Gasteiger charge is 2.33. The molecule has 5 nitrogen and oxygen atoms in total. The number of likely N-dealkylation sites (tertiary alicyclic amines) is 1. The molecule has 116 valence electrons. The van der Waals surface area contributed by atoms with Crippen molar-refractivity contribution in [3.8, 4) is 0 Å². The van der Waals surface area contributed by atoms with Crippen molar-refractivity contribution in [2.75, 3.05) is 13.1 Å². The first kappa shape index (κ1) is 16.8. The third-order valence-corrected chi connectivity index (χ3v) is 3.18. The first-order valence-electron chi connectivity index (χ1n) is 7.28. The molecule has 1 fully saturated rings. The Balaban J connectivity index is 2.54. The van der Waals surface area contributed by atoms with E-state index in [4.69, 9.17) is 4.74 Å². The molecule has 1 aliphatic rings. The van der Waals surface area contributed by atoms with Crippen LogP contribution in [0.2, 0.25) is 0 Å². The molecule has 0 aliphatic carbocycles. The lowest BCUT2D eigenvalue weighted by Gasteiger charge is -2.29. The predicted octanol–water partition coefficient (Wildman–Crippen LogP) is 2.55. The minimum Gasteiger partial charge on any atom is -0.444 e. The van der Waals surface area contributed by atoms with Crippen LogP contribution in [0.4, 0.5) is 4.79 Å². The Morgan fingerprint density at radius 2 is 1.80 bits per heavy atom. The number of hydrogen-bond acceptors (Lipinski definition) is 3. The molecular formula is C15H28N2O3. The molecule has 5 heteroatoms. The van der Waals surface area contributed by atoms with Gasteiger partial charge in [-0.05, 0) is 33.6 Å². The molecule has 1 N–H and O–H groups in total. The zero-order valence-corrected chi connectivity index (χ0v) is 13.6. The quantitative estimate of drug-likeness (QED) is 0.847. The Hall–Kier alpha value is -1.26.